The molecule has 1 unspecified atom stereocenters. The van der Waals surface area contributed by atoms with E-state index in [1.54, 1.807) is 0 Å². The maximum absolute atomic E-state index is 13.1. The van der Waals surface area contributed by atoms with Crippen molar-refractivity contribution in [3.8, 4) is 11.5 Å². The largest absolute Gasteiger partial charge is 0.482 e. The van der Waals surface area contributed by atoms with Gasteiger partial charge in [0.05, 0.1) is 5.56 Å². The molecule has 3 aromatic carbocycles. The average Bonchev–Trinajstić information content (AvgIpc) is 2.94. The van der Waals surface area contributed by atoms with Gasteiger partial charge in [0.25, 0.3) is 0 Å². The topological polar surface area (TPSA) is 18.5 Å². The van der Waals surface area contributed by atoms with Crippen molar-refractivity contribution < 1.29 is 22.6 Å². The fraction of sp³-hybridized carbons (Fsp3) is 0.200. The van der Waals surface area contributed by atoms with E-state index in [-0.39, 0.29) is 0 Å². The van der Waals surface area contributed by atoms with Gasteiger partial charge >= 0.3 is 6.18 Å². The minimum atomic E-state index is -4.39. The molecule has 0 bridgehead atoms. The molecule has 2 aliphatic rings. The molecule has 5 rings (SSSR count). The van der Waals surface area contributed by atoms with E-state index in [9.17, 15) is 13.2 Å². The smallest absolute Gasteiger partial charge is 0.416 e. The van der Waals surface area contributed by atoms with Gasteiger partial charge < -0.3 is 9.47 Å². The first-order valence-corrected chi connectivity index (χ1v) is 9.69. The molecule has 0 saturated carbocycles. The van der Waals surface area contributed by atoms with Crippen molar-refractivity contribution >= 4 is 11.6 Å². The van der Waals surface area contributed by atoms with E-state index in [0.717, 1.165) is 28.8 Å². The van der Waals surface area contributed by atoms with Crippen LogP contribution in [0.1, 0.15) is 36.1 Å². The number of hydrogen-bond acceptors (Lipinski definition) is 2. The normalized spacial score (nSPS) is 21.3. The lowest BCUT2D eigenvalue weighted by atomic mass is 9.71. The molecule has 3 aromatic rings. The SMILES string of the molecule is CC1(C)Oc2ccccc2C12Oc1ccccc1C=C2c1ccc(C(F)(F)F)cc1. The summed E-state index contributed by atoms with van der Waals surface area (Å²) >= 11 is 0. The van der Waals surface area contributed by atoms with Gasteiger partial charge in [0, 0.05) is 16.7 Å². The Balaban J connectivity index is 1.77. The Morgan fingerprint density at radius 3 is 2.07 bits per heavy atom. The lowest BCUT2D eigenvalue weighted by molar-refractivity contribution is -0.137. The summed E-state index contributed by atoms with van der Waals surface area (Å²) in [5.74, 6) is 1.42. The van der Waals surface area contributed by atoms with Crippen molar-refractivity contribution in [3.05, 3.63) is 95.1 Å². The lowest BCUT2D eigenvalue weighted by Crippen LogP contribution is -2.52. The molecule has 0 saturated heterocycles. The van der Waals surface area contributed by atoms with E-state index in [4.69, 9.17) is 9.47 Å². The fourth-order valence-electron chi connectivity index (χ4n) is 4.46. The predicted molar refractivity (Wildman–Crippen MR) is 109 cm³/mol. The first-order valence-electron chi connectivity index (χ1n) is 9.69. The van der Waals surface area contributed by atoms with Crippen molar-refractivity contribution in [1.29, 1.82) is 0 Å². The van der Waals surface area contributed by atoms with E-state index >= 15 is 0 Å². The third kappa shape index (κ3) is 2.58. The summed E-state index contributed by atoms with van der Waals surface area (Å²) in [6.07, 6.45) is -2.39. The van der Waals surface area contributed by atoms with Crippen molar-refractivity contribution in [2.24, 2.45) is 0 Å². The molecule has 0 aliphatic carbocycles. The third-order valence-corrected chi connectivity index (χ3v) is 5.86. The van der Waals surface area contributed by atoms with Gasteiger partial charge in [-0.15, -0.1) is 0 Å². The molecular formula is C25H19F3O2. The zero-order valence-electron chi connectivity index (χ0n) is 16.5. The van der Waals surface area contributed by atoms with E-state index in [1.165, 1.54) is 12.1 Å². The minimum absolute atomic E-state index is 0.658. The van der Waals surface area contributed by atoms with Gasteiger partial charge in [-0.3, -0.25) is 0 Å². The van der Waals surface area contributed by atoms with E-state index < -0.39 is 22.9 Å². The molecule has 0 radical (unpaired) electrons. The summed E-state index contributed by atoms with van der Waals surface area (Å²) in [6, 6.07) is 20.5. The van der Waals surface area contributed by atoms with Crippen molar-refractivity contribution in [1.82, 2.24) is 0 Å². The van der Waals surface area contributed by atoms with Crippen LogP contribution in [0.15, 0.2) is 72.8 Å². The number of hydrogen-bond donors (Lipinski definition) is 0. The van der Waals surface area contributed by atoms with E-state index in [0.29, 0.717) is 17.1 Å². The molecule has 152 valence electrons. The molecule has 5 heteroatoms. The maximum atomic E-state index is 13.1. The van der Waals surface area contributed by atoms with Crippen molar-refractivity contribution in [2.75, 3.05) is 0 Å². The highest BCUT2D eigenvalue weighted by atomic mass is 19.4. The summed E-state index contributed by atoms with van der Waals surface area (Å²) in [6.45, 7) is 3.89. The highest BCUT2D eigenvalue weighted by Crippen LogP contribution is 2.59. The van der Waals surface area contributed by atoms with Gasteiger partial charge in [0.15, 0.2) is 5.60 Å². The number of rotatable bonds is 1. The van der Waals surface area contributed by atoms with Crippen LogP contribution in [-0.4, -0.2) is 5.60 Å². The molecule has 30 heavy (non-hydrogen) atoms. The second-order valence-electron chi connectivity index (χ2n) is 8.06. The van der Waals surface area contributed by atoms with Crippen LogP contribution in [0.2, 0.25) is 0 Å². The number of ether oxygens (including phenoxy) is 2. The Morgan fingerprint density at radius 1 is 0.733 bits per heavy atom. The number of halogens is 3. The Hall–Kier alpha value is -3.21. The van der Waals surface area contributed by atoms with Crippen LogP contribution in [0.4, 0.5) is 13.2 Å². The predicted octanol–water partition coefficient (Wildman–Crippen LogP) is 6.70. The Bertz CT molecular complexity index is 1160. The summed E-state index contributed by atoms with van der Waals surface area (Å²) in [5, 5.41) is 0. The molecule has 2 heterocycles. The van der Waals surface area contributed by atoms with Crippen LogP contribution in [0.5, 0.6) is 11.5 Å². The van der Waals surface area contributed by atoms with Gasteiger partial charge in [-0.2, -0.15) is 13.2 Å². The molecular weight excluding hydrogens is 389 g/mol. The Labute approximate surface area is 172 Å². The monoisotopic (exact) mass is 408 g/mol. The molecule has 0 aromatic heterocycles. The van der Waals surface area contributed by atoms with Crippen LogP contribution >= 0.6 is 0 Å². The highest BCUT2D eigenvalue weighted by molar-refractivity contribution is 5.92. The van der Waals surface area contributed by atoms with Crippen LogP contribution < -0.4 is 9.47 Å². The number of alkyl halides is 3. The molecule has 0 N–H and O–H groups in total. The van der Waals surface area contributed by atoms with Gasteiger partial charge in [-0.1, -0.05) is 48.5 Å². The van der Waals surface area contributed by atoms with Gasteiger partial charge in [-0.05, 0) is 49.8 Å². The highest BCUT2D eigenvalue weighted by Gasteiger charge is 2.61. The standard InChI is InChI=1S/C25H19F3O2/c1-23(2)24(19-8-4-6-10-22(19)29-23)20(15-17-7-3-5-9-21(17)30-24)16-11-13-18(14-12-16)25(26,27)28/h3-15H,1-2H3. The number of benzene rings is 3. The molecule has 2 nitrogen and oxygen atoms in total. The van der Waals surface area contributed by atoms with Crippen LogP contribution in [-0.2, 0) is 11.8 Å². The molecule has 1 spiro atoms. The second-order valence-corrected chi connectivity index (χ2v) is 8.06. The van der Waals surface area contributed by atoms with E-state index in [2.05, 4.69) is 0 Å². The fourth-order valence-corrected chi connectivity index (χ4v) is 4.46. The van der Waals surface area contributed by atoms with Crippen LogP contribution in [0.3, 0.4) is 0 Å². The van der Waals surface area contributed by atoms with Gasteiger partial charge in [0.2, 0.25) is 5.60 Å². The Morgan fingerprint density at radius 2 is 1.37 bits per heavy atom. The van der Waals surface area contributed by atoms with Crippen molar-refractivity contribution in [3.63, 3.8) is 0 Å². The molecule has 1 atom stereocenters. The first-order chi connectivity index (χ1) is 14.2. The van der Waals surface area contributed by atoms with Crippen molar-refractivity contribution in [2.45, 2.75) is 31.2 Å². The quantitative estimate of drug-likeness (QED) is 0.446. The van der Waals surface area contributed by atoms with Gasteiger partial charge in [0.1, 0.15) is 11.5 Å². The summed E-state index contributed by atoms with van der Waals surface area (Å²) in [7, 11) is 0. The summed E-state index contributed by atoms with van der Waals surface area (Å²) in [4.78, 5) is 0. The average molecular weight is 408 g/mol. The zero-order valence-corrected chi connectivity index (χ0v) is 16.5. The number of fused-ring (bicyclic) bond motifs is 3. The molecule has 0 fully saturated rings. The Kier molecular flexibility index (Phi) is 3.85. The first kappa shape index (κ1) is 18.8. The summed E-state index contributed by atoms with van der Waals surface area (Å²) < 4.78 is 52.3. The molecule has 0 amide bonds. The summed E-state index contributed by atoms with van der Waals surface area (Å²) in [5.41, 5.74) is 0.682. The van der Waals surface area contributed by atoms with Crippen LogP contribution in [0.25, 0.3) is 11.6 Å². The zero-order chi connectivity index (χ0) is 21.1. The number of para-hydroxylation sites is 2. The van der Waals surface area contributed by atoms with Gasteiger partial charge in [-0.25, -0.2) is 0 Å². The molecule has 2 aliphatic heterocycles. The third-order valence-electron chi connectivity index (χ3n) is 5.86. The minimum Gasteiger partial charge on any atom is -0.482 e. The maximum Gasteiger partial charge on any atom is 0.416 e. The second kappa shape index (κ2) is 6.14. The van der Waals surface area contributed by atoms with E-state index in [1.807, 2.05) is 68.5 Å². The lowest BCUT2D eigenvalue weighted by Gasteiger charge is -2.44. The van der Waals surface area contributed by atoms with Crippen LogP contribution in [0, 0.1) is 0 Å².